The largest absolute Gasteiger partial charge is 0.378 e. The van der Waals surface area contributed by atoms with E-state index in [1.165, 1.54) is 30.5 Å². The number of nitro groups is 1. The summed E-state index contributed by atoms with van der Waals surface area (Å²) < 4.78 is 33.3. The number of amides is 1. The summed E-state index contributed by atoms with van der Waals surface area (Å²) in [6.45, 7) is 3.49. The number of nitrogens with one attached hydrogen (secondary N) is 1. The molecule has 1 N–H and O–H groups in total. The molecular weight excluding hydrogens is 510 g/mol. The molecule has 198 valence electrons. The molecule has 0 aliphatic carbocycles. The van der Waals surface area contributed by atoms with E-state index in [9.17, 15) is 23.3 Å². The Morgan fingerprint density at radius 1 is 1.11 bits per heavy atom. The average molecular weight is 538 g/mol. The predicted octanol–water partition coefficient (Wildman–Crippen LogP) is 3.09. The molecule has 1 aliphatic rings. The Morgan fingerprint density at radius 3 is 2.47 bits per heavy atom. The summed E-state index contributed by atoms with van der Waals surface area (Å²) in [5, 5.41) is 15.3. The van der Waals surface area contributed by atoms with Gasteiger partial charge in [-0.2, -0.15) is 5.10 Å². The highest BCUT2D eigenvalue weighted by Crippen LogP contribution is 2.27. The topological polar surface area (TPSA) is 134 Å². The van der Waals surface area contributed by atoms with Crippen LogP contribution in [-0.2, 0) is 19.6 Å². The summed E-state index contributed by atoms with van der Waals surface area (Å²) in [5.41, 5.74) is 4.44. The fourth-order valence-corrected chi connectivity index (χ4v) is 5.56. The SMILES string of the molecule is Cc1ccccc1N(CC(=O)N/N=C/c1cc([N+](=O)[O-])ccc1N1CCOCC1)S(=O)(=O)c1ccccc1. The van der Waals surface area contributed by atoms with Gasteiger partial charge in [-0.1, -0.05) is 36.4 Å². The highest BCUT2D eigenvalue weighted by atomic mass is 32.2. The minimum absolute atomic E-state index is 0.0475. The number of aryl methyl sites for hydroxylation is 1. The summed E-state index contributed by atoms with van der Waals surface area (Å²) >= 11 is 0. The van der Waals surface area contributed by atoms with Crippen molar-refractivity contribution in [2.45, 2.75) is 11.8 Å². The van der Waals surface area contributed by atoms with Crippen LogP contribution >= 0.6 is 0 Å². The minimum atomic E-state index is -4.06. The molecule has 1 saturated heterocycles. The Bertz CT molecular complexity index is 1440. The van der Waals surface area contributed by atoms with Crippen LogP contribution in [0.25, 0.3) is 0 Å². The fraction of sp³-hybridized carbons (Fsp3) is 0.231. The zero-order valence-corrected chi connectivity index (χ0v) is 21.5. The number of rotatable bonds is 9. The molecule has 1 amide bonds. The normalized spacial score (nSPS) is 13.9. The van der Waals surface area contributed by atoms with Gasteiger partial charge in [-0.25, -0.2) is 13.8 Å². The van der Waals surface area contributed by atoms with Crippen molar-refractivity contribution in [3.8, 4) is 0 Å². The van der Waals surface area contributed by atoms with Gasteiger partial charge < -0.3 is 9.64 Å². The number of ether oxygens (including phenoxy) is 1. The standard InChI is InChI=1S/C26H27N5O6S/c1-20-7-5-6-10-24(20)30(38(35,36)23-8-3-2-4-9-23)19-26(32)28-27-18-21-17-22(31(33)34)11-12-25(21)29-13-15-37-16-14-29/h2-12,17-18H,13-16,19H2,1H3,(H,28,32)/b27-18+. The van der Waals surface area contributed by atoms with Crippen LogP contribution in [0.2, 0.25) is 0 Å². The number of anilines is 2. The molecule has 0 saturated carbocycles. The number of carbonyl (C=O) groups is 1. The number of hydrazone groups is 1. The van der Waals surface area contributed by atoms with Gasteiger partial charge in [-0.3, -0.25) is 19.2 Å². The molecule has 0 spiro atoms. The van der Waals surface area contributed by atoms with Crippen LogP contribution in [0, 0.1) is 17.0 Å². The van der Waals surface area contributed by atoms with Crippen LogP contribution in [0.15, 0.2) is 82.8 Å². The van der Waals surface area contributed by atoms with Crippen molar-refractivity contribution in [1.29, 1.82) is 0 Å². The second kappa shape index (κ2) is 11.8. The van der Waals surface area contributed by atoms with Crippen molar-refractivity contribution in [1.82, 2.24) is 5.43 Å². The first-order valence-electron chi connectivity index (χ1n) is 11.8. The van der Waals surface area contributed by atoms with Gasteiger partial charge in [0.25, 0.3) is 21.6 Å². The van der Waals surface area contributed by atoms with Gasteiger partial charge in [0.2, 0.25) is 0 Å². The maximum atomic E-state index is 13.5. The number of para-hydroxylation sites is 1. The summed E-state index contributed by atoms with van der Waals surface area (Å²) in [5.74, 6) is -0.678. The first-order chi connectivity index (χ1) is 18.3. The Balaban J connectivity index is 1.57. The Labute approximate surface area is 220 Å². The lowest BCUT2D eigenvalue weighted by Gasteiger charge is -2.29. The molecule has 11 nitrogen and oxygen atoms in total. The van der Waals surface area contributed by atoms with Crippen molar-refractivity contribution >= 4 is 39.2 Å². The molecule has 3 aromatic carbocycles. The maximum absolute atomic E-state index is 13.5. The second-order valence-electron chi connectivity index (χ2n) is 8.50. The van der Waals surface area contributed by atoms with E-state index in [2.05, 4.69) is 10.5 Å². The number of hydrogen-bond donors (Lipinski definition) is 1. The monoisotopic (exact) mass is 537 g/mol. The zero-order valence-electron chi connectivity index (χ0n) is 20.7. The number of morpholine rings is 1. The minimum Gasteiger partial charge on any atom is -0.378 e. The van der Waals surface area contributed by atoms with Gasteiger partial charge in [0.1, 0.15) is 6.54 Å². The molecule has 12 heteroatoms. The van der Waals surface area contributed by atoms with Crippen molar-refractivity contribution in [2.75, 3.05) is 42.1 Å². The smallest absolute Gasteiger partial charge is 0.270 e. The number of nitro benzene ring substituents is 1. The van der Waals surface area contributed by atoms with Gasteiger partial charge in [0.15, 0.2) is 0 Å². The highest BCUT2D eigenvalue weighted by molar-refractivity contribution is 7.92. The predicted molar refractivity (Wildman–Crippen MR) is 144 cm³/mol. The van der Waals surface area contributed by atoms with E-state index in [0.29, 0.717) is 48.8 Å². The van der Waals surface area contributed by atoms with E-state index in [4.69, 9.17) is 4.74 Å². The molecule has 0 aromatic heterocycles. The third-order valence-corrected chi connectivity index (χ3v) is 7.74. The lowest BCUT2D eigenvalue weighted by molar-refractivity contribution is -0.384. The Hall–Kier alpha value is -4.29. The quantitative estimate of drug-likeness (QED) is 0.252. The molecule has 0 unspecified atom stereocenters. The molecule has 1 fully saturated rings. The fourth-order valence-electron chi connectivity index (χ4n) is 4.05. The number of sulfonamides is 1. The van der Waals surface area contributed by atoms with Gasteiger partial charge in [0, 0.05) is 36.5 Å². The Morgan fingerprint density at radius 2 is 1.79 bits per heavy atom. The molecule has 4 rings (SSSR count). The molecule has 1 aliphatic heterocycles. The second-order valence-corrected chi connectivity index (χ2v) is 10.4. The number of hydrogen-bond acceptors (Lipinski definition) is 8. The van der Waals surface area contributed by atoms with E-state index in [-0.39, 0.29) is 10.6 Å². The molecule has 0 radical (unpaired) electrons. The molecule has 0 bridgehead atoms. The Kier molecular flexibility index (Phi) is 8.34. The van der Waals surface area contributed by atoms with Crippen molar-refractivity contribution in [3.05, 3.63) is 94.0 Å². The van der Waals surface area contributed by atoms with E-state index in [0.717, 1.165) is 4.31 Å². The van der Waals surface area contributed by atoms with E-state index >= 15 is 0 Å². The third kappa shape index (κ3) is 6.15. The number of nitrogens with zero attached hydrogens (tertiary/aromatic N) is 4. The average Bonchev–Trinajstić information content (AvgIpc) is 2.93. The summed E-state index contributed by atoms with van der Waals surface area (Å²) in [7, 11) is -4.06. The summed E-state index contributed by atoms with van der Waals surface area (Å²) in [6.07, 6.45) is 1.32. The lowest BCUT2D eigenvalue weighted by Crippen LogP contribution is -2.40. The zero-order chi connectivity index (χ0) is 27.1. The van der Waals surface area contributed by atoms with E-state index in [1.807, 2.05) is 4.90 Å². The molecule has 38 heavy (non-hydrogen) atoms. The summed E-state index contributed by atoms with van der Waals surface area (Å²) in [6, 6.07) is 19.1. The van der Waals surface area contributed by atoms with Crippen molar-refractivity contribution in [3.63, 3.8) is 0 Å². The number of carbonyl (C=O) groups excluding carboxylic acids is 1. The van der Waals surface area contributed by atoms with Crippen molar-refractivity contribution < 1.29 is 22.9 Å². The van der Waals surface area contributed by atoms with E-state index in [1.54, 1.807) is 55.5 Å². The van der Waals surface area contributed by atoms with Crippen LogP contribution in [0.5, 0.6) is 0 Å². The van der Waals surface area contributed by atoms with Crippen LogP contribution in [0.3, 0.4) is 0 Å². The van der Waals surface area contributed by atoms with Gasteiger partial charge in [-0.05, 0) is 36.8 Å². The highest BCUT2D eigenvalue weighted by Gasteiger charge is 2.28. The molecule has 3 aromatic rings. The first kappa shape index (κ1) is 26.8. The van der Waals surface area contributed by atoms with Crippen LogP contribution in [-0.4, -0.2) is 58.3 Å². The van der Waals surface area contributed by atoms with Crippen LogP contribution in [0.4, 0.5) is 17.1 Å². The third-order valence-electron chi connectivity index (χ3n) is 5.97. The van der Waals surface area contributed by atoms with Gasteiger partial charge in [-0.15, -0.1) is 0 Å². The van der Waals surface area contributed by atoms with Crippen molar-refractivity contribution in [2.24, 2.45) is 5.10 Å². The lowest BCUT2D eigenvalue weighted by atomic mass is 10.1. The number of non-ortho nitro benzene ring substituents is 1. The van der Waals surface area contributed by atoms with Gasteiger partial charge in [0.05, 0.1) is 34.9 Å². The van der Waals surface area contributed by atoms with E-state index < -0.39 is 27.4 Å². The van der Waals surface area contributed by atoms with Crippen LogP contribution < -0.4 is 14.6 Å². The maximum Gasteiger partial charge on any atom is 0.270 e. The number of benzene rings is 3. The van der Waals surface area contributed by atoms with Crippen LogP contribution in [0.1, 0.15) is 11.1 Å². The molecule has 1 heterocycles. The molecule has 0 atom stereocenters. The van der Waals surface area contributed by atoms with Gasteiger partial charge >= 0.3 is 0 Å². The summed E-state index contributed by atoms with van der Waals surface area (Å²) in [4.78, 5) is 25.8. The molecular formula is C26H27N5O6S. The first-order valence-corrected chi connectivity index (χ1v) is 13.3.